The molecule has 1 rings (SSSR count). The van der Waals surface area contributed by atoms with Crippen LogP contribution in [0.25, 0.3) is 0 Å². The Kier molecular flexibility index (Phi) is 3.74. The van der Waals surface area contributed by atoms with E-state index in [9.17, 15) is 13.6 Å². The van der Waals surface area contributed by atoms with E-state index in [0.29, 0.717) is 0 Å². The van der Waals surface area contributed by atoms with Crippen molar-refractivity contribution in [2.75, 3.05) is 14.1 Å². The topological polar surface area (TPSA) is 32.3 Å². The van der Waals surface area contributed by atoms with Crippen LogP contribution in [-0.2, 0) is 0 Å². The molecule has 1 N–H and O–H groups in total. The number of amides is 1. The number of hydrogen-bond donors (Lipinski definition) is 1. The minimum atomic E-state index is -2.64. The average Bonchev–Trinajstić information content (AvgIpc) is 2.16. The van der Waals surface area contributed by atoms with Crippen LogP contribution >= 0.6 is 0 Å². The van der Waals surface area contributed by atoms with Crippen molar-refractivity contribution in [2.24, 2.45) is 0 Å². The van der Waals surface area contributed by atoms with Crippen LogP contribution in [0.15, 0.2) is 24.3 Å². The first-order valence-corrected chi connectivity index (χ1v) is 4.37. The van der Waals surface area contributed by atoms with Gasteiger partial charge in [-0.3, -0.25) is 10.2 Å². The third-order valence-electron chi connectivity index (χ3n) is 1.77. The van der Waals surface area contributed by atoms with E-state index in [2.05, 4.69) is 5.43 Å². The molecule has 0 spiro atoms. The van der Waals surface area contributed by atoms with Gasteiger partial charge in [0.1, 0.15) is 0 Å². The van der Waals surface area contributed by atoms with E-state index >= 15 is 0 Å². The summed E-state index contributed by atoms with van der Waals surface area (Å²) in [7, 11) is 3.23. The molecule has 0 atom stereocenters. The molecular formula is C10H12F2N2O. The predicted molar refractivity (Wildman–Crippen MR) is 52.6 cm³/mol. The first-order valence-electron chi connectivity index (χ1n) is 4.37. The first-order chi connectivity index (χ1) is 7.02. The first kappa shape index (κ1) is 11.6. The van der Waals surface area contributed by atoms with Crippen molar-refractivity contribution < 1.29 is 13.6 Å². The van der Waals surface area contributed by atoms with Crippen LogP contribution in [0.1, 0.15) is 22.3 Å². The Morgan fingerprint density at radius 2 is 1.93 bits per heavy atom. The van der Waals surface area contributed by atoms with E-state index in [4.69, 9.17) is 0 Å². The van der Waals surface area contributed by atoms with E-state index in [1.165, 1.54) is 23.2 Å². The molecule has 1 amide bonds. The molecule has 1 aromatic rings. The molecule has 0 aromatic heterocycles. The van der Waals surface area contributed by atoms with Crippen molar-refractivity contribution >= 4 is 5.91 Å². The summed E-state index contributed by atoms with van der Waals surface area (Å²) in [6.45, 7) is 0. The third-order valence-corrected chi connectivity index (χ3v) is 1.77. The van der Waals surface area contributed by atoms with Gasteiger partial charge in [0.25, 0.3) is 12.3 Å². The standard InChI is InChI=1S/C10H12F2N2O/c1-14(2)13-10(15)8-6-4-3-5-7(8)9(11)12/h3-6,9H,1-2H3,(H,13,15). The summed E-state index contributed by atoms with van der Waals surface area (Å²) >= 11 is 0. The van der Waals surface area contributed by atoms with Gasteiger partial charge >= 0.3 is 0 Å². The fourth-order valence-corrected chi connectivity index (χ4v) is 1.16. The molecule has 3 nitrogen and oxygen atoms in total. The van der Waals surface area contributed by atoms with Crippen molar-refractivity contribution in [3.05, 3.63) is 35.4 Å². The number of benzene rings is 1. The van der Waals surface area contributed by atoms with Crippen LogP contribution in [0.2, 0.25) is 0 Å². The Bertz CT molecular complexity index is 353. The Balaban J connectivity index is 2.97. The van der Waals surface area contributed by atoms with Crippen molar-refractivity contribution in [1.29, 1.82) is 0 Å². The van der Waals surface area contributed by atoms with E-state index in [1.54, 1.807) is 20.2 Å². The third kappa shape index (κ3) is 2.99. The van der Waals surface area contributed by atoms with Gasteiger partial charge in [-0.05, 0) is 6.07 Å². The summed E-state index contributed by atoms with van der Waals surface area (Å²) < 4.78 is 25.1. The van der Waals surface area contributed by atoms with Crippen molar-refractivity contribution in [3.8, 4) is 0 Å². The summed E-state index contributed by atoms with van der Waals surface area (Å²) in [5.74, 6) is -0.532. The molecular weight excluding hydrogens is 202 g/mol. The highest BCUT2D eigenvalue weighted by atomic mass is 19.3. The molecule has 15 heavy (non-hydrogen) atoms. The lowest BCUT2D eigenvalue weighted by Gasteiger charge is -2.13. The summed E-state index contributed by atoms with van der Waals surface area (Å²) in [6.07, 6.45) is -2.64. The number of hydrazine groups is 1. The fourth-order valence-electron chi connectivity index (χ4n) is 1.16. The van der Waals surface area contributed by atoms with E-state index in [0.717, 1.165) is 0 Å². The summed E-state index contributed by atoms with van der Waals surface area (Å²) in [5, 5.41) is 1.41. The Morgan fingerprint density at radius 3 is 2.47 bits per heavy atom. The highest BCUT2D eigenvalue weighted by molar-refractivity contribution is 5.95. The van der Waals surface area contributed by atoms with Gasteiger partial charge in [-0.2, -0.15) is 0 Å². The molecule has 0 unspecified atom stereocenters. The number of halogens is 2. The van der Waals surface area contributed by atoms with Crippen LogP contribution in [0.3, 0.4) is 0 Å². The second-order valence-corrected chi connectivity index (χ2v) is 3.22. The molecule has 0 saturated carbocycles. The van der Waals surface area contributed by atoms with Crippen LogP contribution in [-0.4, -0.2) is 25.0 Å². The number of hydrogen-bond acceptors (Lipinski definition) is 2. The zero-order valence-corrected chi connectivity index (χ0v) is 8.50. The lowest BCUT2D eigenvalue weighted by atomic mass is 10.1. The molecule has 1 aromatic carbocycles. The number of carbonyl (C=O) groups excluding carboxylic acids is 1. The van der Waals surface area contributed by atoms with Gasteiger partial charge in [0.05, 0.1) is 0 Å². The molecule has 0 aliphatic carbocycles. The molecule has 0 aliphatic rings. The second kappa shape index (κ2) is 4.84. The molecule has 5 heteroatoms. The van der Waals surface area contributed by atoms with Gasteiger partial charge in [0, 0.05) is 25.2 Å². The van der Waals surface area contributed by atoms with Crippen LogP contribution in [0.4, 0.5) is 8.78 Å². The Morgan fingerprint density at radius 1 is 1.33 bits per heavy atom. The van der Waals surface area contributed by atoms with Gasteiger partial charge in [-0.1, -0.05) is 18.2 Å². The highest BCUT2D eigenvalue weighted by Crippen LogP contribution is 2.22. The molecule has 0 fully saturated rings. The van der Waals surface area contributed by atoms with Crippen molar-refractivity contribution in [2.45, 2.75) is 6.43 Å². The van der Waals surface area contributed by atoms with Crippen molar-refractivity contribution in [1.82, 2.24) is 10.4 Å². The minimum absolute atomic E-state index is 0.00111. The molecule has 0 radical (unpaired) electrons. The Hall–Kier alpha value is -1.49. The maximum Gasteiger partial charge on any atom is 0.266 e. The van der Waals surface area contributed by atoms with E-state index in [-0.39, 0.29) is 11.1 Å². The molecule has 82 valence electrons. The fraction of sp³-hybridized carbons (Fsp3) is 0.300. The van der Waals surface area contributed by atoms with E-state index in [1.807, 2.05) is 0 Å². The minimum Gasteiger partial charge on any atom is -0.285 e. The molecule has 0 saturated heterocycles. The number of nitrogens with zero attached hydrogens (tertiary/aromatic N) is 1. The number of nitrogens with one attached hydrogen (secondary N) is 1. The lowest BCUT2D eigenvalue weighted by Crippen LogP contribution is -2.36. The summed E-state index contributed by atoms with van der Waals surface area (Å²) in [5.41, 5.74) is 2.16. The normalized spacial score (nSPS) is 10.8. The highest BCUT2D eigenvalue weighted by Gasteiger charge is 2.17. The number of rotatable bonds is 3. The number of carbonyl (C=O) groups is 1. The van der Waals surface area contributed by atoms with Crippen LogP contribution < -0.4 is 5.43 Å². The number of alkyl halides is 2. The van der Waals surface area contributed by atoms with E-state index < -0.39 is 12.3 Å². The summed E-state index contributed by atoms with van der Waals surface area (Å²) in [6, 6.07) is 5.65. The van der Waals surface area contributed by atoms with Gasteiger partial charge in [-0.15, -0.1) is 0 Å². The zero-order valence-electron chi connectivity index (χ0n) is 8.50. The van der Waals surface area contributed by atoms with Gasteiger partial charge in [0.15, 0.2) is 0 Å². The maximum absolute atomic E-state index is 12.5. The zero-order chi connectivity index (χ0) is 11.4. The lowest BCUT2D eigenvalue weighted by molar-refractivity contribution is 0.0844. The largest absolute Gasteiger partial charge is 0.285 e. The van der Waals surface area contributed by atoms with Gasteiger partial charge in [-0.25, -0.2) is 13.8 Å². The Labute approximate surface area is 86.7 Å². The van der Waals surface area contributed by atoms with Gasteiger partial charge < -0.3 is 0 Å². The second-order valence-electron chi connectivity index (χ2n) is 3.22. The maximum atomic E-state index is 12.5. The molecule has 0 heterocycles. The average molecular weight is 214 g/mol. The van der Waals surface area contributed by atoms with Gasteiger partial charge in [0.2, 0.25) is 0 Å². The smallest absolute Gasteiger partial charge is 0.266 e. The molecule has 0 aliphatic heterocycles. The predicted octanol–water partition coefficient (Wildman–Crippen LogP) is 1.83. The van der Waals surface area contributed by atoms with Crippen molar-refractivity contribution in [3.63, 3.8) is 0 Å². The van der Waals surface area contributed by atoms with Crippen LogP contribution in [0.5, 0.6) is 0 Å². The SMILES string of the molecule is CN(C)NC(=O)c1ccccc1C(F)F. The monoisotopic (exact) mass is 214 g/mol. The van der Waals surface area contributed by atoms with Crippen LogP contribution in [0, 0.1) is 0 Å². The summed E-state index contributed by atoms with van der Waals surface area (Å²) in [4.78, 5) is 11.5. The molecule has 0 bridgehead atoms. The quantitative estimate of drug-likeness (QED) is 0.778.